The monoisotopic (exact) mass is 285 g/mol. The third-order valence-electron chi connectivity index (χ3n) is 2.78. The van der Waals surface area contributed by atoms with Gasteiger partial charge in [-0.05, 0) is 30.9 Å². The Bertz CT molecular complexity index is 483. The lowest BCUT2D eigenvalue weighted by Gasteiger charge is -2.09. The summed E-state index contributed by atoms with van der Waals surface area (Å²) in [6, 6.07) is 7.21. The van der Waals surface area contributed by atoms with E-state index in [0.29, 0.717) is 30.4 Å². The molecule has 2 N–H and O–H groups in total. The van der Waals surface area contributed by atoms with Crippen molar-refractivity contribution in [2.24, 2.45) is 5.92 Å². The van der Waals surface area contributed by atoms with Crippen molar-refractivity contribution in [2.75, 3.05) is 23.8 Å². The van der Waals surface area contributed by atoms with Crippen LogP contribution in [0.2, 0.25) is 0 Å². The third kappa shape index (κ3) is 6.47. The Labute approximate surface area is 115 Å². The van der Waals surface area contributed by atoms with E-state index in [0.717, 1.165) is 6.42 Å². The van der Waals surface area contributed by atoms with Gasteiger partial charge in [0.25, 0.3) is 0 Å². The predicted molar refractivity (Wildman–Crippen MR) is 79.1 cm³/mol. The number of benzene rings is 1. The maximum atomic E-state index is 11.7. The van der Waals surface area contributed by atoms with Gasteiger partial charge in [-0.3, -0.25) is 0 Å². The summed E-state index contributed by atoms with van der Waals surface area (Å²) in [5.41, 5.74) is 6.30. The number of rotatable bonds is 8. The van der Waals surface area contributed by atoms with Crippen molar-refractivity contribution >= 4 is 15.5 Å². The van der Waals surface area contributed by atoms with Crippen LogP contribution in [0.3, 0.4) is 0 Å². The average molecular weight is 285 g/mol. The molecular formula is C14H23NO3S. The lowest BCUT2D eigenvalue weighted by molar-refractivity contribution is 0.319. The summed E-state index contributed by atoms with van der Waals surface area (Å²) in [6.07, 6.45) is 1.21. The van der Waals surface area contributed by atoms with E-state index >= 15 is 0 Å². The smallest absolute Gasteiger partial charge is 0.150 e. The van der Waals surface area contributed by atoms with Gasteiger partial charge in [0.1, 0.15) is 15.6 Å². The molecule has 1 aromatic rings. The molecule has 0 aromatic heterocycles. The summed E-state index contributed by atoms with van der Waals surface area (Å²) in [7, 11) is -2.95. The van der Waals surface area contributed by atoms with Gasteiger partial charge in [-0.2, -0.15) is 0 Å². The van der Waals surface area contributed by atoms with Gasteiger partial charge in [0, 0.05) is 0 Å². The number of hydrogen-bond acceptors (Lipinski definition) is 4. The molecule has 0 saturated heterocycles. The Hall–Kier alpha value is -1.23. The van der Waals surface area contributed by atoms with Crippen LogP contribution in [0.4, 0.5) is 5.69 Å². The predicted octanol–water partition coefficient (Wildman–Crippen LogP) is 2.50. The highest BCUT2D eigenvalue weighted by atomic mass is 32.2. The lowest BCUT2D eigenvalue weighted by atomic mass is 10.2. The van der Waals surface area contributed by atoms with Crippen LogP contribution in [0.25, 0.3) is 0 Å². The fraction of sp³-hybridized carbons (Fsp3) is 0.571. The van der Waals surface area contributed by atoms with Gasteiger partial charge in [-0.25, -0.2) is 8.42 Å². The van der Waals surface area contributed by atoms with Crippen LogP contribution in [-0.4, -0.2) is 26.5 Å². The normalized spacial score (nSPS) is 11.7. The summed E-state index contributed by atoms with van der Waals surface area (Å²) in [6.45, 7) is 4.42. The van der Waals surface area contributed by atoms with E-state index in [1.54, 1.807) is 12.1 Å². The van der Waals surface area contributed by atoms with E-state index in [1.165, 1.54) is 0 Å². The maximum absolute atomic E-state index is 11.7. The fourth-order valence-electron chi connectivity index (χ4n) is 1.59. The Morgan fingerprint density at radius 3 is 2.53 bits per heavy atom. The first-order valence-corrected chi connectivity index (χ1v) is 8.40. The van der Waals surface area contributed by atoms with Gasteiger partial charge in [0.2, 0.25) is 0 Å². The highest BCUT2D eigenvalue weighted by Crippen LogP contribution is 2.19. The number of nitrogens with two attached hydrogens (primary N) is 1. The molecule has 1 aromatic carbocycles. The molecule has 0 spiro atoms. The molecule has 4 nitrogen and oxygen atoms in total. The van der Waals surface area contributed by atoms with Crippen molar-refractivity contribution in [1.82, 2.24) is 0 Å². The SMILES string of the molecule is CC(C)CCS(=O)(=O)CCCOc1ccccc1N. The molecule has 0 aliphatic rings. The van der Waals surface area contributed by atoms with E-state index in [4.69, 9.17) is 10.5 Å². The highest BCUT2D eigenvalue weighted by molar-refractivity contribution is 7.91. The first-order chi connectivity index (χ1) is 8.91. The molecule has 0 amide bonds. The van der Waals surface area contributed by atoms with E-state index in [9.17, 15) is 8.42 Å². The second kappa shape index (κ2) is 7.38. The molecule has 0 bridgehead atoms. The maximum Gasteiger partial charge on any atom is 0.150 e. The first kappa shape index (κ1) is 15.8. The van der Waals surface area contributed by atoms with E-state index < -0.39 is 9.84 Å². The first-order valence-electron chi connectivity index (χ1n) is 6.58. The molecule has 5 heteroatoms. The number of anilines is 1. The number of para-hydroxylation sites is 2. The second-order valence-electron chi connectivity index (χ2n) is 5.07. The molecule has 0 unspecified atom stereocenters. The zero-order valence-corrected chi connectivity index (χ0v) is 12.4. The van der Waals surface area contributed by atoms with Crippen LogP contribution in [-0.2, 0) is 9.84 Å². The van der Waals surface area contributed by atoms with Crippen LogP contribution in [0, 0.1) is 5.92 Å². The molecule has 0 aliphatic heterocycles. The zero-order valence-electron chi connectivity index (χ0n) is 11.6. The lowest BCUT2D eigenvalue weighted by Crippen LogP contribution is -2.15. The summed E-state index contributed by atoms with van der Waals surface area (Å²) in [4.78, 5) is 0. The van der Waals surface area contributed by atoms with Crippen molar-refractivity contribution in [3.63, 3.8) is 0 Å². The Balaban J connectivity index is 2.29. The highest BCUT2D eigenvalue weighted by Gasteiger charge is 2.11. The van der Waals surface area contributed by atoms with Crippen molar-refractivity contribution < 1.29 is 13.2 Å². The van der Waals surface area contributed by atoms with E-state index in [2.05, 4.69) is 0 Å². The zero-order chi connectivity index (χ0) is 14.3. The van der Waals surface area contributed by atoms with Crippen molar-refractivity contribution in [3.8, 4) is 5.75 Å². The summed E-state index contributed by atoms with van der Waals surface area (Å²) >= 11 is 0. The minimum atomic E-state index is -2.95. The van der Waals surface area contributed by atoms with Gasteiger partial charge >= 0.3 is 0 Å². The number of ether oxygens (including phenoxy) is 1. The topological polar surface area (TPSA) is 69.4 Å². The number of nitrogen functional groups attached to an aromatic ring is 1. The molecule has 19 heavy (non-hydrogen) atoms. The van der Waals surface area contributed by atoms with Crippen LogP contribution in [0.15, 0.2) is 24.3 Å². The van der Waals surface area contributed by atoms with Gasteiger partial charge in [-0.1, -0.05) is 26.0 Å². The van der Waals surface area contributed by atoms with Crippen LogP contribution < -0.4 is 10.5 Å². The molecule has 0 radical (unpaired) electrons. The van der Waals surface area contributed by atoms with Crippen LogP contribution in [0.5, 0.6) is 5.75 Å². The molecule has 0 heterocycles. The molecule has 1 rings (SSSR count). The average Bonchev–Trinajstić information content (AvgIpc) is 2.34. The Morgan fingerprint density at radius 1 is 1.21 bits per heavy atom. The van der Waals surface area contributed by atoms with Crippen LogP contribution in [0.1, 0.15) is 26.7 Å². The van der Waals surface area contributed by atoms with E-state index in [-0.39, 0.29) is 11.5 Å². The molecule has 0 saturated carbocycles. The molecule has 108 valence electrons. The van der Waals surface area contributed by atoms with Crippen molar-refractivity contribution in [3.05, 3.63) is 24.3 Å². The Kier molecular flexibility index (Phi) is 6.15. The van der Waals surface area contributed by atoms with Crippen molar-refractivity contribution in [2.45, 2.75) is 26.7 Å². The Morgan fingerprint density at radius 2 is 1.89 bits per heavy atom. The van der Waals surface area contributed by atoms with E-state index in [1.807, 2.05) is 26.0 Å². The quantitative estimate of drug-likeness (QED) is 0.588. The molecule has 0 aliphatic carbocycles. The molecule has 0 fully saturated rings. The number of sulfone groups is 1. The van der Waals surface area contributed by atoms with Gasteiger partial charge in [0.15, 0.2) is 0 Å². The molecular weight excluding hydrogens is 262 g/mol. The molecule has 0 atom stereocenters. The summed E-state index contributed by atoms with van der Waals surface area (Å²) in [5.74, 6) is 1.46. The van der Waals surface area contributed by atoms with Gasteiger partial charge in [0.05, 0.1) is 23.8 Å². The third-order valence-corrected chi connectivity index (χ3v) is 4.55. The second-order valence-corrected chi connectivity index (χ2v) is 7.38. The minimum absolute atomic E-state index is 0.173. The summed E-state index contributed by atoms with van der Waals surface area (Å²) < 4.78 is 28.9. The minimum Gasteiger partial charge on any atom is -0.491 e. The van der Waals surface area contributed by atoms with Crippen LogP contribution >= 0.6 is 0 Å². The fourth-order valence-corrected chi connectivity index (χ4v) is 3.18. The summed E-state index contributed by atoms with van der Waals surface area (Å²) in [5, 5.41) is 0. The van der Waals surface area contributed by atoms with Gasteiger partial charge < -0.3 is 10.5 Å². The standard InChI is InChI=1S/C14H23NO3S/c1-12(2)8-11-19(16,17)10-5-9-18-14-7-4-3-6-13(14)15/h3-4,6-7,12H,5,8-11,15H2,1-2H3. The van der Waals surface area contributed by atoms with Gasteiger partial charge in [-0.15, -0.1) is 0 Å². The largest absolute Gasteiger partial charge is 0.491 e. The van der Waals surface area contributed by atoms with Crippen molar-refractivity contribution in [1.29, 1.82) is 0 Å². The number of hydrogen-bond donors (Lipinski definition) is 1.